The highest BCUT2D eigenvalue weighted by Crippen LogP contribution is 2.30. The van der Waals surface area contributed by atoms with Crippen molar-refractivity contribution in [2.24, 2.45) is 0 Å². The van der Waals surface area contributed by atoms with Gasteiger partial charge in [-0.2, -0.15) is 0 Å². The SMILES string of the molecule is CS(=O)(=O)N1CCc2cc(C(=O)COC(=O)c3ccccc3F)ccc21. The Morgan fingerprint density at radius 1 is 1.19 bits per heavy atom. The topological polar surface area (TPSA) is 80.8 Å². The van der Waals surface area contributed by atoms with Crippen molar-refractivity contribution in [2.75, 3.05) is 23.7 Å². The van der Waals surface area contributed by atoms with E-state index in [1.54, 1.807) is 12.1 Å². The zero-order chi connectivity index (χ0) is 18.9. The molecule has 0 saturated heterocycles. The van der Waals surface area contributed by atoms with Crippen molar-refractivity contribution in [2.45, 2.75) is 6.42 Å². The number of hydrogen-bond donors (Lipinski definition) is 0. The summed E-state index contributed by atoms with van der Waals surface area (Å²) in [5.41, 5.74) is 1.35. The molecule has 2 aromatic carbocycles. The van der Waals surface area contributed by atoms with Crippen LogP contribution in [-0.4, -0.2) is 39.6 Å². The molecule has 136 valence electrons. The molecule has 0 aliphatic carbocycles. The zero-order valence-electron chi connectivity index (χ0n) is 13.9. The number of carbonyl (C=O) groups excluding carboxylic acids is 2. The Hall–Kier alpha value is -2.74. The highest BCUT2D eigenvalue weighted by Gasteiger charge is 2.27. The fourth-order valence-corrected chi connectivity index (χ4v) is 3.77. The van der Waals surface area contributed by atoms with Crippen LogP contribution in [0.2, 0.25) is 0 Å². The average molecular weight is 377 g/mol. The van der Waals surface area contributed by atoms with Crippen LogP contribution in [0.25, 0.3) is 0 Å². The fourth-order valence-electron chi connectivity index (χ4n) is 2.81. The van der Waals surface area contributed by atoms with E-state index in [1.165, 1.54) is 28.6 Å². The first kappa shape index (κ1) is 18.1. The number of Topliss-reactive ketones (excluding diaryl/α,β-unsaturated/α-hetero) is 1. The third-order valence-electron chi connectivity index (χ3n) is 4.08. The third kappa shape index (κ3) is 3.60. The van der Waals surface area contributed by atoms with Crippen LogP contribution < -0.4 is 4.31 Å². The molecule has 0 bridgehead atoms. The van der Waals surface area contributed by atoms with Crippen LogP contribution in [0, 0.1) is 5.82 Å². The Morgan fingerprint density at radius 2 is 1.92 bits per heavy atom. The van der Waals surface area contributed by atoms with Gasteiger partial charge in [0.2, 0.25) is 10.0 Å². The van der Waals surface area contributed by atoms with E-state index in [2.05, 4.69) is 0 Å². The predicted molar refractivity (Wildman–Crippen MR) is 93.3 cm³/mol. The lowest BCUT2D eigenvalue weighted by Crippen LogP contribution is -2.27. The summed E-state index contributed by atoms with van der Waals surface area (Å²) >= 11 is 0. The molecule has 3 rings (SSSR count). The second-order valence-corrected chi connectivity index (χ2v) is 7.81. The molecule has 1 aliphatic heterocycles. The van der Waals surface area contributed by atoms with Crippen molar-refractivity contribution in [1.29, 1.82) is 0 Å². The molecule has 0 radical (unpaired) electrons. The summed E-state index contributed by atoms with van der Waals surface area (Å²) in [7, 11) is -3.36. The van der Waals surface area contributed by atoms with Gasteiger partial charge >= 0.3 is 5.97 Å². The monoisotopic (exact) mass is 377 g/mol. The van der Waals surface area contributed by atoms with E-state index in [4.69, 9.17) is 4.74 Å². The lowest BCUT2D eigenvalue weighted by Gasteiger charge is -2.16. The number of sulfonamides is 1. The molecule has 0 amide bonds. The first-order chi connectivity index (χ1) is 12.3. The summed E-state index contributed by atoms with van der Waals surface area (Å²) in [6, 6.07) is 10.00. The van der Waals surface area contributed by atoms with Gasteiger partial charge in [0, 0.05) is 12.1 Å². The van der Waals surface area contributed by atoms with Gasteiger partial charge in [-0.05, 0) is 42.3 Å². The molecule has 0 saturated carbocycles. The largest absolute Gasteiger partial charge is 0.454 e. The van der Waals surface area contributed by atoms with Crippen molar-refractivity contribution in [3.8, 4) is 0 Å². The van der Waals surface area contributed by atoms with Crippen LogP contribution >= 0.6 is 0 Å². The van der Waals surface area contributed by atoms with Gasteiger partial charge in [-0.1, -0.05) is 12.1 Å². The minimum absolute atomic E-state index is 0.238. The third-order valence-corrected chi connectivity index (χ3v) is 5.26. The Bertz CT molecular complexity index is 987. The molecule has 0 fully saturated rings. The van der Waals surface area contributed by atoms with E-state index in [-0.39, 0.29) is 5.56 Å². The van der Waals surface area contributed by atoms with Crippen LogP contribution in [0.15, 0.2) is 42.5 Å². The normalized spacial score (nSPS) is 13.4. The van der Waals surface area contributed by atoms with Crippen LogP contribution in [0.3, 0.4) is 0 Å². The smallest absolute Gasteiger partial charge is 0.341 e. The van der Waals surface area contributed by atoms with Crippen molar-refractivity contribution in [3.63, 3.8) is 0 Å². The van der Waals surface area contributed by atoms with Gasteiger partial charge in [-0.25, -0.2) is 17.6 Å². The number of nitrogens with zero attached hydrogens (tertiary/aromatic N) is 1. The standard InChI is InChI=1S/C18H16FNO5S/c1-26(23,24)20-9-8-12-10-13(6-7-16(12)20)17(21)11-25-18(22)14-4-2-3-5-15(14)19/h2-7,10H,8-9,11H2,1H3. The molecule has 0 spiro atoms. The van der Waals surface area contributed by atoms with Crippen LogP contribution in [0.5, 0.6) is 0 Å². The van der Waals surface area contributed by atoms with Crippen LogP contribution in [0.1, 0.15) is 26.3 Å². The summed E-state index contributed by atoms with van der Waals surface area (Å²) in [5.74, 6) is -2.08. The molecular formula is C18H16FNO5S. The minimum Gasteiger partial charge on any atom is -0.454 e. The number of ketones is 1. The summed E-state index contributed by atoms with van der Waals surface area (Å²) in [6.07, 6.45) is 1.63. The number of carbonyl (C=O) groups is 2. The summed E-state index contributed by atoms with van der Waals surface area (Å²) < 4.78 is 43.2. The van der Waals surface area contributed by atoms with E-state index in [9.17, 15) is 22.4 Å². The quantitative estimate of drug-likeness (QED) is 0.589. The first-order valence-electron chi connectivity index (χ1n) is 7.83. The van der Waals surface area contributed by atoms with E-state index in [1.807, 2.05) is 0 Å². The highest BCUT2D eigenvalue weighted by molar-refractivity contribution is 7.92. The maximum atomic E-state index is 13.5. The van der Waals surface area contributed by atoms with Crippen molar-refractivity contribution >= 4 is 27.5 Å². The number of rotatable bonds is 5. The number of benzene rings is 2. The Balaban J connectivity index is 1.70. The summed E-state index contributed by atoms with van der Waals surface area (Å²) in [6.45, 7) is -0.199. The number of ether oxygens (including phenoxy) is 1. The van der Waals surface area contributed by atoms with Gasteiger partial charge < -0.3 is 4.74 Å². The molecule has 0 unspecified atom stereocenters. The average Bonchev–Trinajstić information content (AvgIpc) is 3.03. The van der Waals surface area contributed by atoms with Crippen molar-refractivity contribution in [3.05, 3.63) is 65.0 Å². The van der Waals surface area contributed by atoms with Gasteiger partial charge in [-0.3, -0.25) is 9.10 Å². The Morgan fingerprint density at radius 3 is 2.62 bits per heavy atom. The predicted octanol–water partition coefficient (Wildman–Crippen LogP) is 2.19. The maximum absolute atomic E-state index is 13.5. The van der Waals surface area contributed by atoms with Gasteiger partial charge in [0.25, 0.3) is 0 Å². The number of hydrogen-bond acceptors (Lipinski definition) is 5. The molecule has 0 aromatic heterocycles. The van der Waals surface area contributed by atoms with Gasteiger partial charge in [-0.15, -0.1) is 0 Å². The van der Waals surface area contributed by atoms with Gasteiger partial charge in [0.15, 0.2) is 12.4 Å². The fraction of sp³-hybridized carbons (Fsp3) is 0.222. The van der Waals surface area contributed by atoms with Gasteiger partial charge in [0.05, 0.1) is 17.5 Å². The Kier molecular flexibility index (Phi) is 4.78. The molecule has 2 aromatic rings. The number of esters is 1. The molecule has 1 aliphatic rings. The van der Waals surface area contributed by atoms with Gasteiger partial charge in [0.1, 0.15) is 5.82 Å². The van der Waals surface area contributed by atoms with Crippen molar-refractivity contribution < 1.29 is 27.1 Å². The number of halogens is 1. The molecule has 26 heavy (non-hydrogen) atoms. The van der Waals surface area contributed by atoms with E-state index in [0.29, 0.717) is 24.2 Å². The summed E-state index contributed by atoms with van der Waals surface area (Å²) in [5, 5.41) is 0. The lowest BCUT2D eigenvalue weighted by molar-refractivity contribution is 0.0470. The second kappa shape index (κ2) is 6.87. The molecule has 1 heterocycles. The van der Waals surface area contributed by atoms with Crippen molar-refractivity contribution in [1.82, 2.24) is 0 Å². The molecule has 0 atom stereocenters. The number of anilines is 1. The molecule has 6 nitrogen and oxygen atoms in total. The Labute approximate surface area is 150 Å². The van der Waals surface area contributed by atoms with E-state index < -0.39 is 34.2 Å². The maximum Gasteiger partial charge on any atom is 0.341 e. The molecule has 0 N–H and O–H groups in total. The summed E-state index contributed by atoms with van der Waals surface area (Å²) in [4.78, 5) is 24.1. The zero-order valence-corrected chi connectivity index (χ0v) is 14.8. The first-order valence-corrected chi connectivity index (χ1v) is 9.67. The van der Waals surface area contributed by atoms with Crippen LogP contribution in [-0.2, 0) is 21.2 Å². The van der Waals surface area contributed by atoms with E-state index >= 15 is 0 Å². The highest BCUT2D eigenvalue weighted by atomic mass is 32.2. The van der Waals surface area contributed by atoms with Crippen LogP contribution in [0.4, 0.5) is 10.1 Å². The van der Waals surface area contributed by atoms with E-state index in [0.717, 1.165) is 17.9 Å². The number of fused-ring (bicyclic) bond motifs is 1. The molecule has 8 heteroatoms. The lowest BCUT2D eigenvalue weighted by atomic mass is 10.1. The minimum atomic E-state index is -3.36. The molecular weight excluding hydrogens is 361 g/mol. The second-order valence-electron chi connectivity index (χ2n) is 5.91.